The van der Waals surface area contributed by atoms with Gasteiger partial charge in [-0.05, 0) is 41.0 Å². The molecule has 4 aromatic rings. The molecule has 200 valence electrons. The normalized spacial score (nSPS) is 10.9. The number of carbonyl (C=O) groups is 1. The van der Waals surface area contributed by atoms with Gasteiger partial charge in [-0.25, -0.2) is 4.79 Å². The van der Waals surface area contributed by atoms with E-state index in [1.165, 1.54) is 4.90 Å². The Morgan fingerprint density at radius 3 is 1.89 bits per heavy atom. The summed E-state index contributed by atoms with van der Waals surface area (Å²) in [6.07, 6.45) is -4.71. The predicted molar refractivity (Wildman–Crippen MR) is 131 cm³/mol. The molecule has 0 radical (unpaired) electrons. The summed E-state index contributed by atoms with van der Waals surface area (Å²) in [6, 6.07) is 23.8. The fourth-order valence-electron chi connectivity index (χ4n) is 3.60. The van der Waals surface area contributed by atoms with Crippen molar-refractivity contribution < 1.29 is 44.5 Å². The first kappa shape index (κ1) is 28.9. The fourth-order valence-corrected chi connectivity index (χ4v) is 3.60. The molecule has 38 heavy (non-hydrogen) atoms. The molecule has 0 spiro atoms. The van der Waals surface area contributed by atoms with E-state index in [1.54, 1.807) is 29.2 Å². The van der Waals surface area contributed by atoms with Crippen molar-refractivity contribution in [3.63, 3.8) is 0 Å². The number of halogens is 3. The average molecular weight is 699 g/mol. The maximum absolute atomic E-state index is 13.3. The molecule has 3 aromatic carbocycles. The Morgan fingerprint density at radius 1 is 0.816 bits per heavy atom. The van der Waals surface area contributed by atoms with Crippen molar-refractivity contribution in [1.82, 2.24) is 15.1 Å². The first-order valence-corrected chi connectivity index (χ1v) is 12.3. The Hall–Kier alpha value is -3.70. The van der Waals surface area contributed by atoms with Gasteiger partial charge in [0.05, 0.1) is 6.54 Å². The summed E-state index contributed by atoms with van der Waals surface area (Å²) in [5.41, 5.74) is 3.85. The predicted octanol–water partition coefficient (Wildman–Crippen LogP) is 6.40. The van der Waals surface area contributed by atoms with Crippen molar-refractivity contribution in [3.8, 4) is 22.6 Å². The molecule has 0 aliphatic heterocycles. The number of nitrogens with zero attached hydrogens (tertiary/aromatic N) is 4. The van der Waals surface area contributed by atoms with E-state index >= 15 is 0 Å². The first-order valence-electron chi connectivity index (χ1n) is 11.2. The number of alkyl halides is 3. The molecule has 4 rings (SSSR count). The summed E-state index contributed by atoms with van der Waals surface area (Å²) in [6.45, 7) is 8.35. The van der Waals surface area contributed by atoms with Gasteiger partial charge < -0.3 is 23.2 Å². The molecule has 0 aliphatic rings. The molecule has 0 fully saturated rings. The molecule has 0 atom stereocenters. The standard InChI is InChI=1S/C27H23F3N4O2.O.Os/c1-3-33(4-2)26(35)34(23-16-14-21(15-17-23)20-8-6-5-7-9-20)18-19-10-12-22(13-11-19)24-31-32-25(36-24)27(28,29)30;;/h5-17H,1-4,18H2;;/q-2;;. The zero-order valence-electron chi connectivity index (χ0n) is 20.0. The summed E-state index contributed by atoms with van der Waals surface area (Å²) in [5, 5.41) is 6.53. The minimum atomic E-state index is -4.71. The van der Waals surface area contributed by atoms with Gasteiger partial charge in [0.2, 0.25) is 5.89 Å². The van der Waals surface area contributed by atoms with Crippen LogP contribution in [0.5, 0.6) is 0 Å². The van der Waals surface area contributed by atoms with E-state index in [4.69, 9.17) is 7.96 Å². The van der Waals surface area contributed by atoms with Crippen LogP contribution in [0.1, 0.15) is 11.5 Å². The summed E-state index contributed by atoms with van der Waals surface area (Å²) < 4.78 is 51.3. The van der Waals surface area contributed by atoms with E-state index in [0.717, 1.165) is 16.7 Å². The van der Waals surface area contributed by atoms with Crippen LogP contribution in [0, 0.1) is 13.8 Å². The molecule has 11 heteroatoms. The van der Waals surface area contributed by atoms with E-state index in [0.29, 0.717) is 29.8 Å². The van der Waals surface area contributed by atoms with Crippen LogP contribution in [0.15, 0.2) is 83.3 Å². The van der Waals surface area contributed by atoms with Crippen LogP contribution in [-0.4, -0.2) is 34.2 Å². The van der Waals surface area contributed by atoms with Crippen LogP contribution in [0.4, 0.5) is 23.7 Å². The monoisotopic (exact) mass is 700 g/mol. The molecule has 1 heterocycles. The second-order valence-electron chi connectivity index (χ2n) is 7.88. The molecule has 0 N–H and O–H groups in total. The first-order chi connectivity index (χ1) is 18.3. The van der Waals surface area contributed by atoms with Gasteiger partial charge in [0.25, 0.3) is 0 Å². The number of aromatic nitrogens is 2. The van der Waals surface area contributed by atoms with Crippen molar-refractivity contribution >= 4 is 11.7 Å². The Morgan fingerprint density at radius 2 is 1.37 bits per heavy atom. The van der Waals surface area contributed by atoms with Crippen molar-refractivity contribution in [3.05, 3.63) is 104 Å². The van der Waals surface area contributed by atoms with Crippen molar-refractivity contribution in [2.24, 2.45) is 0 Å². The Balaban J connectivity index is 0.00000195. The second kappa shape index (κ2) is 13.2. The quantitative estimate of drug-likeness (QED) is 0.209. The van der Waals surface area contributed by atoms with Gasteiger partial charge in [0.1, 0.15) is 0 Å². The number of anilines is 1. The number of hydrogen-bond acceptors (Lipinski definition) is 5. The number of carbonyl (C=O) groups excluding carboxylic acids is 1. The Kier molecular flexibility index (Phi) is 10.0. The van der Waals surface area contributed by atoms with Gasteiger partial charge in [-0.1, -0.05) is 54.6 Å². The third kappa shape index (κ3) is 6.98. The van der Waals surface area contributed by atoms with E-state index in [-0.39, 0.29) is 31.6 Å². The Bertz CT molecular complexity index is 1310. The third-order valence-electron chi connectivity index (χ3n) is 5.54. The molecule has 0 bridgehead atoms. The van der Waals surface area contributed by atoms with Crippen LogP contribution in [0.2, 0.25) is 0 Å². The molecule has 0 aliphatic carbocycles. The average Bonchev–Trinajstić information content (AvgIpc) is 3.46. The molecular formula is C27H23F3N4O3Os-2. The van der Waals surface area contributed by atoms with Crippen LogP contribution in [0.25, 0.3) is 22.6 Å². The van der Waals surface area contributed by atoms with E-state index in [2.05, 4.69) is 24.0 Å². The molecule has 2 amide bonds. The van der Waals surface area contributed by atoms with E-state index < -0.39 is 12.1 Å². The van der Waals surface area contributed by atoms with Gasteiger partial charge in [-0.3, -0.25) is 4.90 Å². The van der Waals surface area contributed by atoms with Gasteiger partial charge in [-0.15, -0.1) is 23.3 Å². The molecule has 0 unspecified atom stereocenters. The molecule has 0 saturated carbocycles. The number of urea groups is 1. The third-order valence-corrected chi connectivity index (χ3v) is 5.54. The topological polar surface area (TPSA) is 79.5 Å². The summed E-state index contributed by atoms with van der Waals surface area (Å²) in [4.78, 5) is 16.4. The van der Waals surface area contributed by atoms with Crippen LogP contribution >= 0.6 is 0 Å². The van der Waals surface area contributed by atoms with Gasteiger partial charge in [-0.2, -0.15) is 13.2 Å². The minimum absolute atomic E-state index is 0.220. The SMILES string of the molecule is [CH2-]CN(C[CH2-])C(=O)N(Cc1ccc(-c2nnc(C(F)(F)F)o2)cc1)c1ccc(-c2ccccc2)cc1.[O]=[Os]. The Labute approximate surface area is 228 Å². The molecular weight excluding hydrogens is 676 g/mol. The van der Waals surface area contributed by atoms with Gasteiger partial charge in [0, 0.05) is 11.3 Å². The molecule has 7 nitrogen and oxygen atoms in total. The van der Waals surface area contributed by atoms with Crippen molar-refractivity contribution in [2.45, 2.75) is 12.7 Å². The fraction of sp³-hybridized carbons (Fsp3) is 0.148. The number of amides is 2. The summed E-state index contributed by atoms with van der Waals surface area (Å²) in [7, 11) is 0. The van der Waals surface area contributed by atoms with Crippen molar-refractivity contribution in [2.75, 3.05) is 18.0 Å². The zero-order chi connectivity index (χ0) is 27.7. The zero-order valence-corrected chi connectivity index (χ0v) is 22.6. The number of benzene rings is 3. The molecule has 1 aromatic heterocycles. The maximum atomic E-state index is 13.3. The van der Waals surface area contributed by atoms with Gasteiger partial charge >= 0.3 is 40.2 Å². The second-order valence-corrected chi connectivity index (χ2v) is 7.88. The van der Waals surface area contributed by atoms with Crippen LogP contribution < -0.4 is 4.90 Å². The number of hydrogen-bond donors (Lipinski definition) is 0. The van der Waals surface area contributed by atoms with E-state index in [9.17, 15) is 18.0 Å². The number of rotatable bonds is 7. The molecule has 0 saturated heterocycles. The van der Waals surface area contributed by atoms with Crippen LogP contribution in [-0.2, 0) is 34.8 Å². The van der Waals surface area contributed by atoms with Crippen molar-refractivity contribution in [1.29, 1.82) is 0 Å². The summed E-state index contributed by atoms with van der Waals surface area (Å²) >= 11 is 0.611. The van der Waals surface area contributed by atoms with E-state index in [1.807, 2.05) is 54.6 Å². The summed E-state index contributed by atoms with van der Waals surface area (Å²) in [5.74, 6) is -1.64. The van der Waals surface area contributed by atoms with Crippen LogP contribution in [0.3, 0.4) is 0 Å². The van der Waals surface area contributed by atoms with Gasteiger partial charge in [0.15, 0.2) is 0 Å².